The number of carboxylic acids is 1. The van der Waals surface area contributed by atoms with Crippen LogP contribution < -0.4 is 16.0 Å². The van der Waals surface area contributed by atoms with Gasteiger partial charge in [0.2, 0.25) is 0 Å². The molecule has 0 aliphatic heterocycles. The number of aliphatic hydroxyl groups is 1. The van der Waals surface area contributed by atoms with E-state index < -0.39 is 41.2 Å². The van der Waals surface area contributed by atoms with Crippen LogP contribution in [0.4, 0.5) is 4.39 Å². The van der Waals surface area contributed by atoms with Gasteiger partial charge in [-0.1, -0.05) is 11.3 Å². The lowest BCUT2D eigenvalue weighted by molar-refractivity contribution is -0.146. The zero-order chi connectivity index (χ0) is 25.7. The summed E-state index contributed by atoms with van der Waals surface area (Å²) in [5.41, 5.74) is -3.11. The van der Waals surface area contributed by atoms with E-state index in [1.54, 1.807) is 6.92 Å². The number of aryl methyl sites for hydroxylation is 1. The Kier molecular flexibility index (Phi) is 6.07. The number of ether oxygens (including phenoxy) is 1. The third kappa shape index (κ3) is 3.91. The van der Waals surface area contributed by atoms with Crippen LogP contribution in [0.15, 0.2) is 40.2 Å². The van der Waals surface area contributed by atoms with Crippen LogP contribution in [0.5, 0.6) is 5.75 Å². The van der Waals surface area contributed by atoms with E-state index in [9.17, 15) is 29.0 Å². The lowest BCUT2D eigenvalue weighted by Gasteiger charge is -2.24. The molecular formula is C22H22FN5O6S. The van der Waals surface area contributed by atoms with Crippen molar-refractivity contribution in [2.24, 2.45) is 0 Å². The van der Waals surface area contributed by atoms with Gasteiger partial charge in [-0.05, 0) is 39.0 Å². The summed E-state index contributed by atoms with van der Waals surface area (Å²) >= 11 is 1.04. The summed E-state index contributed by atoms with van der Waals surface area (Å²) in [6.07, 6.45) is 1.47. The molecular weight excluding hydrogens is 481 g/mol. The molecule has 0 aliphatic rings. The van der Waals surface area contributed by atoms with Crippen LogP contribution in [0.2, 0.25) is 0 Å². The zero-order valence-electron chi connectivity index (χ0n) is 19.2. The molecule has 0 unspecified atom stereocenters. The van der Waals surface area contributed by atoms with E-state index in [0.29, 0.717) is 15.1 Å². The number of carboxylic acid groups (broad SMARTS) is 1. The van der Waals surface area contributed by atoms with Gasteiger partial charge in [-0.2, -0.15) is 10.2 Å². The summed E-state index contributed by atoms with van der Waals surface area (Å²) in [6, 6.07) is 3.60. The first kappa shape index (κ1) is 24.3. The van der Waals surface area contributed by atoms with Gasteiger partial charge in [0, 0.05) is 11.1 Å². The Morgan fingerprint density at radius 1 is 1.26 bits per heavy atom. The van der Waals surface area contributed by atoms with Crippen LogP contribution >= 0.6 is 11.3 Å². The highest BCUT2D eigenvalue weighted by molar-refractivity contribution is 7.21. The fourth-order valence-corrected chi connectivity index (χ4v) is 5.05. The van der Waals surface area contributed by atoms with Crippen molar-refractivity contribution in [1.29, 1.82) is 0 Å². The second-order valence-corrected chi connectivity index (χ2v) is 9.31. The molecule has 35 heavy (non-hydrogen) atoms. The van der Waals surface area contributed by atoms with Gasteiger partial charge in [0.1, 0.15) is 33.0 Å². The van der Waals surface area contributed by atoms with E-state index in [1.165, 1.54) is 50.3 Å². The van der Waals surface area contributed by atoms with E-state index >= 15 is 0 Å². The Bertz CT molecular complexity index is 1550. The second-order valence-electron chi connectivity index (χ2n) is 8.33. The molecule has 0 fully saturated rings. The van der Waals surface area contributed by atoms with Gasteiger partial charge < -0.3 is 14.9 Å². The first-order valence-electron chi connectivity index (χ1n) is 10.4. The van der Waals surface area contributed by atoms with E-state index in [1.807, 2.05) is 0 Å². The molecule has 0 bridgehead atoms. The molecule has 0 saturated carbocycles. The Morgan fingerprint density at radius 3 is 2.51 bits per heavy atom. The topological polar surface area (TPSA) is 141 Å². The van der Waals surface area contributed by atoms with Crippen LogP contribution in [0.1, 0.15) is 31.1 Å². The average Bonchev–Trinajstić information content (AvgIpc) is 3.44. The monoisotopic (exact) mass is 503 g/mol. The maximum atomic E-state index is 13.9. The molecule has 2 N–H and O–H groups in total. The number of methoxy groups -OCH3 is 1. The van der Waals surface area contributed by atoms with Crippen LogP contribution in [-0.2, 0) is 16.9 Å². The maximum Gasteiger partial charge on any atom is 0.333 e. The van der Waals surface area contributed by atoms with Gasteiger partial charge in [-0.25, -0.2) is 18.5 Å². The number of halogens is 1. The summed E-state index contributed by atoms with van der Waals surface area (Å²) in [5, 5.41) is 29.4. The minimum atomic E-state index is -1.90. The summed E-state index contributed by atoms with van der Waals surface area (Å²) in [4.78, 5) is 40.5. The Balaban J connectivity index is 2.03. The van der Waals surface area contributed by atoms with Crippen LogP contribution in [0.3, 0.4) is 0 Å². The van der Waals surface area contributed by atoms with Gasteiger partial charge in [0.05, 0.1) is 31.4 Å². The summed E-state index contributed by atoms with van der Waals surface area (Å²) in [7, 11) is 1.36. The van der Waals surface area contributed by atoms with Crippen LogP contribution in [0.25, 0.3) is 15.2 Å². The SMILES string of the molecule is COc1ccc(F)cc1[C@@H](O)Cn1c(=O)n(C(C)(C)C(=O)O)c(=O)c2c(C)c(-n3nccn3)sc21. The normalized spacial score (nSPS) is 12.7. The lowest BCUT2D eigenvalue weighted by Crippen LogP contribution is -2.52. The molecule has 1 aromatic carbocycles. The third-order valence-electron chi connectivity index (χ3n) is 5.78. The highest BCUT2D eigenvalue weighted by atomic mass is 32.1. The molecule has 4 aromatic rings. The fraction of sp³-hybridized carbons (Fsp3) is 0.318. The predicted molar refractivity (Wildman–Crippen MR) is 125 cm³/mol. The van der Waals surface area contributed by atoms with Gasteiger partial charge in [-0.15, -0.1) is 4.80 Å². The molecule has 184 valence electrons. The third-order valence-corrected chi connectivity index (χ3v) is 7.06. The van der Waals surface area contributed by atoms with Crippen LogP contribution in [-0.4, -0.2) is 47.4 Å². The molecule has 3 aromatic heterocycles. The standard InChI is InChI=1S/C22H22FN5O6S/c1-11-16-17(30)27(22(2,3)20(31)32)21(33)26(19(16)35-18(11)28-24-7-8-25-28)10-14(29)13-9-12(23)5-6-15(13)34-4/h5-9,14,29H,10H2,1-4H3,(H,31,32)/t14-/m0/s1. The lowest BCUT2D eigenvalue weighted by atomic mass is 10.1. The first-order valence-corrected chi connectivity index (χ1v) is 11.2. The smallest absolute Gasteiger partial charge is 0.333 e. The van der Waals surface area contributed by atoms with Crippen molar-refractivity contribution >= 4 is 27.5 Å². The molecule has 0 aliphatic carbocycles. The number of hydrogen-bond donors (Lipinski definition) is 2. The largest absolute Gasteiger partial charge is 0.496 e. The molecule has 0 radical (unpaired) electrons. The maximum absolute atomic E-state index is 13.9. The first-order chi connectivity index (χ1) is 16.5. The Labute approximate surface area is 201 Å². The van der Waals surface area contributed by atoms with Gasteiger partial charge in [-0.3, -0.25) is 9.36 Å². The van der Waals surface area contributed by atoms with Crippen molar-refractivity contribution in [1.82, 2.24) is 24.1 Å². The van der Waals surface area contributed by atoms with Crippen LogP contribution in [0, 0.1) is 12.7 Å². The number of carbonyl (C=O) groups is 1. The van der Waals surface area contributed by atoms with E-state index in [2.05, 4.69) is 10.2 Å². The number of rotatable bonds is 7. The van der Waals surface area contributed by atoms with E-state index in [0.717, 1.165) is 22.0 Å². The molecule has 4 rings (SSSR count). The number of aliphatic hydroxyl groups excluding tert-OH is 1. The number of aromatic nitrogens is 5. The molecule has 0 amide bonds. The van der Waals surface area contributed by atoms with E-state index in [4.69, 9.17) is 4.74 Å². The van der Waals surface area contributed by atoms with Crippen molar-refractivity contribution in [3.05, 3.63) is 68.4 Å². The second kappa shape index (κ2) is 8.74. The highest BCUT2D eigenvalue weighted by Gasteiger charge is 2.36. The van der Waals surface area contributed by atoms with Gasteiger partial charge >= 0.3 is 11.7 Å². The molecule has 11 nitrogen and oxygen atoms in total. The van der Waals surface area contributed by atoms with Crippen molar-refractivity contribution < 1.29 is 24.1 Å². The number of hydrogen-bond acceptors (Lipinski definition) is 8. The number of aliphatic carboxylic acids is 1. The zero-order valence-corrected chi connectivity index (χ0v) is 20.0. The summed E-state index contributed by atoms with van der Waals surface area (Å²) in [5.74, 6) is -1.81. The number of benzene rings is 1. The van der Waals surface area contributed by atoms with Gasteiger partial charge in [0.15, 0.2) is 0 Å². The molecule has 13 heteroatoms. The molecule has 0 saturated heterocycles. The van der Waals surface area contributed by atoms with E-state index in [-0.39, 0.29) is 21.5 Å². The van der Waals surface area contributed by atoms with Crippen molar-refractivity contribution in [3.63, 3.8) is 0 Å². The minimum Gasteiger partial charge on any atom is -0.496 e. The average molecular weight is 504 g/mol. The highest BCUT2D eigenvalue weighted by Crippen LogP contribution is 2.33. The minimum absolute atomic E-state index is 0.0880. The molecule has 0 spiro atoms. The number of nitrogens with zero attached hydrogens (tertiary/aromatic N) is 5. The fourth-order valence-electron chi connectivity index (χ4n) is 3.83. The predicted octanol–water partition coefficient (Wildman–Crippen LogP) is 1.81. The van der Waals surface area contributed by atoms with Gasteiger partial charge in [0.25, 0.3) is 5.56 Å². The molecule has 1 atom stereocenters. The van der Waals surface area contributed by atoms with Crippen molar-refractivity contribution in [2.45, 2.75) is 39.0 Å². The van der Waals surface area contributed by atoms with Crippen molar-refractivity contribution in [2.75, 3.05) is 7.11 Å². The summed E-state index contributed by atoms with van der Waals surface area (Å²) < 4.78 is 20.9. The quantitative estimate of drug-likeness (QED) is 0.389. The Hall–Kier alpha value is -3.84. The summed E-state index contributed by atoms with van der Waals surface area (Å²) in [6.45, 7) is 3.70. The molecule has 3 heterocycles. The number of thiophene rings is 1. The Morgan fingerprint density at radius 2 is 1.91 bits per heavy atom. The number of fused-ring (bicyclic) bond motifs is 1. The van der Waals surface area contributed by atoms with Crippen molar-refractivity contribution in [3.8, 4) is 10.8 Å².